The topological polar surface area (TPSA) is 55.4 Å². The molecule has 0 aliphatic heterocycles. The third-order valence-corrected chi connectivity index (χ3v) is 11.4. The fourth-order valence-corrected chi connectivity index (χ4v) is 9.29. The van der Waals surface area contributed by atoms with Crippen molar-refractivity contribution in [3.05, 3.63) is 121 Å². The molecule has 0 spiro atoms. The summed E-state index contributed by atoms with van der Waals surface area (Å²) in [6.07, 6.45) is -2.95. The lowest BCUT2D eigenvalue weighted by Gasteiger charge is -2.49. The maximum atomic E-state index is 7.22. The molecule has 6 atom stereocenters. The van der Waals surface area contributed by atoms with Gasteiger partial charge in [0.1, 0.15) is 36.6 Å². The Morgan fingerprint density at radius 3 is 0.762 bits per heavy atom. The van der Waals surface area contributed by atoms with E-state index in [-0.39, 0.29) is 0 Å². The Morgan fingerprint density at radius 1 is 0.333 bits per heavy atom. The molecule has 0 N–H and O–H groups in total. The van der Waals surface area contributed by atoms with E-state index in [9.17, 15) is 0 Å². The number of methoxy groups -OCH3 is 4. The summed E-state index contributed by atoms with van der Waals surface area (Å²) in [5.74, 6) is 0. The minimum Gasteiger partial charge on any atom is -0.376 e. The van der Waals surface area contributed by atoms with E-state index in [0.717, 1.165) is 21.2 Å². The Labute approximate surface area is 251 Å². The zero-order valence-corrected chi connectivity index (χ0v) is 26.1. The van der Waals surface area contributed by atoms with Crippen molar-refractivity contribution in [1.29, 1.82) is 0 Å². The lowest BCUT2D eigenvalue weighted by Crippen LogP contribution is -2.66. The Hall–Kier alpha value is -2.50. The first-order chi connectivity index (χ1) is 20.7. The van der Waals surface area contributed by atoms with Gasteiger partial charge in [-0.25, -0.2) is 0 Å². The maximum absolute atomic E-state index is 7.22. The van der Waals surface area contributed by atoms with Crippen molar-refractivity contribution in [2.75, 3.05) is 28.4 Å². The van der Waals surface area contributed by atoms with E-state index < -0.39 is 52.9 Å². The van der Waals surface area contributed by atoms with Crippen LogP contribution in [0.2, 0.25) is 0 Å². The van der Waals surface area contributed by atoms with Gasteiger partial charge >= 0.3 is 0 Å². The molecule has 0 radical (unpaired) electrons. The highest BCUT2D eigenvalue weighted by Crippen LogP contribution is 2.47. The van der Waals surface area contributed by atoms with Gasteiger partial charge in [0.15, 0.2) is 0 Å². The van der Waals surface area contributed by atoms with Crippen molar-refractivity contribution in [3.8, 4) is 0 Å². The first-order valence-corrected chi connectivity index (χ1v) is 16.5. The third kappa shape index (κ3) is 6.83. The van der Waals surface area contributed by atoms with Crippen LogP contribution < -0.4 is 21.2 Å². The van der Waals surface area contributed by atoms with Crippen molar-refractivity contribution >= 4 is 37.5 Å². The van der Waals surface area contributed by atoms with Gasteiger partial charge in [0, 0.05) is 49.7 Å². The zero-order chi connectivity index (χ0) is 29.3. The summed E-state index contributed by atoms with van der Waals surface area (Å²) in [6, 6.07) is 41.3. The molecular weight excluding hydrogens is 566 g/mol. The molecule has 1 fully saturated rings. The molecule has 0 bridgehead atoms. The molecule has 5 rings (SSSR count). The zero-order valence-electron chi connectivity index (χ0n) is 24.4. The Bertz CT molecular complexity index is 1150. The lowest BCUT2D eigenvalue weighted by atomic mass is 9.84. The van der Waals surface area contributed by atoms with Crippen LogP contribution in [0.15, 0.2) is 121 Å². The van der Waals surface area contributed by atoms with E-state index in [0.29, 0.717) is 0 Å². The normalized spacial score (nSPS) is 24.2. The summed E-state index contributed by atoms with van der Waals surface area (Å²) < 4.78 is 38.8. The molecule has 1 aliphatic carbocycles. The second kappa shape index (κ2) is 15.3. The van der Waals surface area contributed by atoms with Crippen LogP contribution in [0, 0.1) is 0 Å². The van der Waals surface area contributed by atoms with Crippen LogP contribution in [0.1, 0.15) is 0 Å². The van der Waals surface area contributed by atoms with Crippen molar-refractivity contribution in [2.45, 2.75) is 36.6 Å². The number of hydrogen-bond donors (Lipinski definition) is 0. The summed E-state index contributed by atoms with van der Waals surface area (Å²) in [7, 11) is 4.25. The molecule has 0 amide bonds. The van der Waals surface area contributed by atoms with E-state index in [1.54, 1.807) is 28.4 Å². The van der Waals surface area contributed by atoms with Crippen LogP contribution in [-0.4, -0.2) is 65.1 Å². The number of benzene rings is 4. The molecule has 0 saturated heterocycles. The highest BCUT2D eigenvalue weighted by molar-refractivity contribution is 7.69. The predicted molar refractivity (Wildman–Crippen MR) is 171 cm³/mol. The molecule has 1 aliphatic rings. The van der Waals surface area contributed by atoms with E-state index in [4.69, 9.17) is 28.0 Å². The summed E-state index contributed by atoms with van der Waals surface area (Å²) in [5, 5.41) is 4.38. The van der Waals surface area contributed by atoms with Gasteiger partial charge in [-0.15, -0.1) is 0 Å². The van der Waals surface area contributed by atoms with Crippen LogP contribution in [-0.2, 0) is 28.0 Å². The molecule has 4 aromatic carbocycles. The fourth-order valence-electron chi connectivity index (χ4n) is 5.47. The van der Waals surface area contributed by atoms with Crippen molar-refractivity contribution < 1.29 is 28.0 Å². The quantitative estimate of drug-likeness (QED) is 0.214. The largest absolute Gasteiger partial charge is 0.376 e. The van der Waals surface area contributed by atoms with Crippen LogP contribution in [0.5, 0.6) is 0 Å². The second-order valence-electron chi connectivity index (χ2n) is 9.87. The summed E-state index contributed by atoms with van der Waals surface area (Å²) in [6.45, 7) is 0. The average molecular weight is 605 g/mol. The van der Waals surface area contributed by atoms with Crippen molar-refractivity contribution in [2.24, 2.45) is 0 Å². The first-order valence-electron chi connectivity index (χ1n) is 13.9. The molecule has 0 unspecified atom stereocenters. The summed E-state index contributed by atoms with van der Waals surface area (Å²) >= 11 is 0. The second-order valence-corrected chi connectivity index (χ2v) is 13.5. The van der Waals surface area contributed by atoms with Gasteiger partial charge in [0.2, 0.25) is 0 Å². The maximum Gasteiger partial charge on any atom is 0.121 e. The molecule has 0 aromatic heterocycles. The lowest BCUT2D eigenvalue weighted by molar-refractivity contribution is -0.234. The van der Waals surface area contributed by atoms with Crippen molar-refractivity contribution in [1.82, 2.24) is 0 Å². The molecule has 6 nitrogen and oxygen atoms in total. The number of ether oxygens (including phenoxy) is 4. The number of hydrogen-bond acceptors (Lipinski definition) is 6. The van der Waals surface area contributed by atoms with E-state index in [2.05, 4.69) is 48.5 Å². The molecular formula is C34H38O6P2. The summed E-state index contributed by atoms with van der Waals surface area (Å²) in [4.78, 5) is 0. The standard InChI is InChI=1S/C34H38O6P2/c1-35-29-30(36-2)32(38-4)34(40-42(27-21-13-7-14-22-27)28-23-15-8-16-24-28)33(31(29)37-3)39-41(25-17-9-5-10-18-25)26-19-11-6-12-20-26/h5-24,29-34H,1-4H3/t29-,30-,31-,32-,33+,34+/m1/s1. The smallest absolute Gasteiger partial charge is 0.121 e. The number of rotatable bonds is 12. The van der Waals surface area contributed by atoms with Gasteiger partial charge in [-0.2, -0.15) is 0 Å². The van der Waals surface area contributed by atoms with Crippen LogP contribution >= 0.6 is 16.3 Å². The van der Waals surface area contributed by atoms with E-state index in [1.165, 1.54) is 0 Å². The summed E-state index contributed by atoms with van der Waals surface area (Å²) in [5.41, 5.74) is 0. The Balaban J connectivity index is 1.62. The van der Waals surface area contributed by atoms with E-state index >= 15 is 0 Å². The third-order valence-electron chi connectivity index (χ3n) is 7.45. The molecule has 8 heteroatoms. The van der Waals surface area contributed by atoms with Gasteiger partial charge < -0.3 is 28.0 Å². The average Bonchev–Trinajstić information content (AvgIpc) is 3.07. The van der Waals surface area contributed by atoms with Crippen LogP contribution in [0.25, 0.3) is 0 Å². The highest BCUT2D eigenvalue weighted by Gasteiger charge is 2.55. The van der Waals surface area contributed by atoms with Gasteiger partial charge in [0.25, 0.3) is 0 Å². The molecule has 42 heavy (non-hydrogen) atoms. The van der Waals surface area contributed by atoms with Gasteiger partial charge in [-0.05, 0) is 0 Å². The molecule has 0 heterocycles. The van der Waals surface area contributed by atoms with Crippen molar-refractivity contribution in [3.63, 3.8) is 0 Å². The predicted octanol–water partition coefficient (Wildman–Crippen LogP) is 4.93. The molecule has 4 aromatic rings. The highest BCUT2D eigenvalue weighted by atomic mass is 31.1. The SMILES string of the molecule is CO[C@@H]1[C@@H](OC)[C@@H](OC)[C@H](OP(c2ccccc2)c2ccccc2)[C@@H](OP(c2ccccc2)c2ccccc2)[C@@H]1OC. The first kappa shape index (κ1) is 30.9. The molecule has 220 valence electrons. The van der Waals surface area contributed by atoms with Crippen LogP contribution in [0.3, 0.4) is 0 Å². The minimum absolute atomic E-state index is 0.446. The van der Waals surface area contributed by atoms with Gasteiger partial charge in [0.05, 0.1) is 16.3 Å². The fraction of sp³-hybridized carbons (Fsp3) is 0.294. The van der Waals surface area contributed by atoms with Crippen LogP contribution in [0.4, 0.5) is 0 Å². The van der Waals surface area contributed by atoms with Gasteiger partial charge in [-0.3, -0.25) is 0 Å². The Kier molecular flexibility index (Phi) is 11.3. The van der Waals surface area contributed by atoms with E-state index in [1.807, 2.05) is 72.8 Å². The molecule has 1 saturated carbocycles. The van der Waals surface area contributed by atoms with Gasteiger partial charge in [-0.1, -0.05) is 121 Å². The minimum atomic E-state index is -1.24. The Morgan fingerprint density at radius 2 is 0.548 bits per heavy atom. The monoisotopic (exact) mass is 604 g/mol.